The van der Waals surface area contributed by atoms with E-state index in [1.165, 1.54) is 4.90 Å². The van der Waals surface area contributed by atoms with E-state index >= 15 is 0 Å². The third-order valence-corrected chi connectivity index (χ3v) is 5.12. The second-order valence-corrected chi connectivity index (χ2v) is 6.65. The maximum Gasteiger partial charge on any atom is 0.331 e. The van der Waals surface area contributed by atoms with Crippen LogP contribution in [0.25, 0.3) is 0 Å². The smallest absolute Gasteiger partial charge is 0.277 e. The molecule has 1 saturated carbocycles. The summed E-state index contributed by atoms with van der Waals surface area (Å²) in [6.45, 7) is 1.86. The van der Waals surface area contributed by atoms with E-state index in [-0.39, 0.29) is 17.9 Å². The van der Waals surface area contributed by atoms with E-state index in [0.29, 0.717) is 18.6 Å². The van der Waals surface area contributed by atoms with Crippen molar-refractivity contribution < 1.29 is 14.4 Å². The highest BCUT2D eigenvalue weighted by Gasteiger charge is 2.54. The van der Waals surface area contributed by atoms with Gasteiger partial charge in [0.2, 0.25) is 11.8 Å². The second kappa shape index (κ2) is 6.16. The minimum atomic E-state index is -1.00. The number of thioether (sulfide) groups is 1. The fourth-order valence-electron chi connectivity index (χ4n) is 3.19. The number of imide groups is 2. The van der Waals surface area contributed by atoms with Crippen LogP contribution in [0.5, 0.6) is 0 Å². The summed E-state index contributed by atoms with van der Waals surface area (Å²) in [4.78, 5) is 38.4. The van der Waals surface area contributed by atoms with Gasteiger partial charge in [0.25, 0.3) is 0 Å². The van der Waals surface area contributed by atoms with Crippen molar-refractivity contribution in [2.24, 2.45) is 5.41 Å². The van der Waals surface area contributed by atoms with E-state index in [1.54, 1.807) is 11.8 Å². The molecular formula is C14H22N2O3S. The monoisotopic (exact) mass is 298 g/mol. The fourth-order valence-corrected chi connectivity index (χ4v) is 3.82. The van der Waals surface area contributed by atoms with E-state index < -0.39 is 11.4 Å². The van der Waals surface area contributed by atoms with Gasteiger partial charge in [0.15, 0.2) is 0 Å². The molecule has 112 valence electrons. The standard InChI is InChI=1S/C14H22N2O3S/c1-10(9-20-2)16-12(18)14(11(17)15-13(16)19)7-5-3-4-6-8-14/h10H,3-9H2,1-2H3,(H,15,17,19). The molecule has 1 saturated heterocycles. The van der Waals surface area contributed by atoms with Crippen molar-refractivity contribution in [2.45, 2.75) is 51.5 Å². The topological polar surface area (TPSA) is 66.5 Å². The summed E-state index contributed by atoms with van der Waals surface area (Å²) in [6, 6.07) is -0.748. The fraction of sp³-hybridized carbons (Fsp3) is 0.786. The van der Waals surface area contributed by atoms with Crippen molar-refractivity contribution in [1.82, 2.24) is 10.2 Å². The van der Waals surface area contributed by atoms with Crippen molar-refractivity contribution in [3.05, 3.63) is 0 Å². The Morgan fingerprint density at radius 1 is 1.20 bits per heavy atom. The second-order valence-electron chi connectivity index (χ2n) is 5.74. The quantitative estimate of drug-likeness (QED) is 0.811. The molecule has 0 aromatic carbocycles. The molecule has 0 aromatic heterocycles. The van der Waals surface area contributed by atoms with Gasteiger partial charge >= 0.3 is 6.03 Å². The first-order chi connectivity index (χ1) is 9.53. The molecule has 2 rings (SSSR count). The van der Waals surface area contributed by atoms with Crippen molar-refractivity contribution >= 4 is 29.6 Å². The predicted molar refractivity (Wildman–Crippen MR) is 78.4 cm³/mol. The van der Waals surface area contributed by atoms with Crippen molar-refractivity contribution in [3.63, 3.8) is 0 Å². The largest absolute Gasteiger partial charge is 0.331 e. The van der Waals surface area contributed by atoms with Crippen LogP contribution in [-0.4, -0.2) is 40.8 Å². The lowest BCUT2D eigenvalue weighted by atomic mass is 9.76. The van der Waals surface area contributed by atoms with Crippen LogP contribution in [0.15, 0.2) is 0 Å². The molecule has 20 heavy (non-hydrogen) atoms. The number of carbonyl (C=O) groups is 3. The van der Waals surface area contributed by atoms with Gasteiger partial charge in [-0.2, -0.15) is 11.8 Å². The summed E-state index contributed by atoms with van der Waals surface area (Å²) in [5.41, 5.74) is -1.00. The summed E-state index contributed by atoms with van der Waals surface area (Å²) in [7, 11) is 0. The molecule has 2 aliphatic rings. The van der Waals surface area contributed by atoms with Gasteiger partial charge in [-0.1, -0.05) is 25.7 Å². The average molecular weight is 298 g/mol. The van der Waals surface area contributed by atoms with Gasteiger partial charge in [0, 0.05) is 11.8 Å². The zero-order valence-electron chi connectivity index (χ0n) is 12.1. The Morgan fingerprint density at radius 2 is 1.80 bits per heavy atom. The van der Waals surface area contributed by atoms with Crippen LogP contribution in [0, 0.1) is 5.41 Å². The Morgan fingerprint density at radius 3 is 2.35 bits per heavy atom. The first kappa shape index (κ1) is 15.4. The van der Waals surface area contributed by atoms with Crippen LogP contribution in [0.3, 0.4) is 0 Å². The molecule has 5 nitrogen and oxygen atoms in total. The summed E-state index contributed by atoms with van der Waals surface area (Å²) in [6.07, 6.45) is 6.92. The van der Waals surface area contributed by atoms with Crippen LogP contribution in [0.4, 0.5) is 4.79 Å². The highest BCUT2D eigenvalue weighted by Crippen LogP contribution is 2.39. The summed E-state index contributed by atoms with van der Waals surface area (Å²) < 4.78 is 0. The molecule has 1 N–H and O–H groups in total. The maximum atomic E-state index is 12.8. The molecule has 1 aliphatic heterocycles. The number of barbiturate groups is 1. The molecule has 0 radical (unpaired) electrons. The van der Waals surface area contributed by atoms with Crippen LogP contribution in [-0.2, 0) is 9.59 Å². The minimum absolute atomic E-state index is 0.189. The van der Waals surface area contributed by atoms with E-state index in [2.05, 4.69) is 5.32 Å². The van der Waals surface area contributed by atoms with E-state index in [1.807, 2.05) is 13.2 Å². The zero-order chi connectivity index (χ0) is 14.8. The van der Waals surface area contributed by atoms with Gasteiger partial charge in [-0.15, -0.1) is 0 Å². The third-order valence-electron chi connectivity index (χ3n) is 4.31. The maximum absolute atomic E-state index is 12.8. The summed E-state index contributed by atoms with van der Waals surface area (Å²) in [5.74, 6) is 0.0142. The minimum Gasteiger partial charge on any atom is -0.277 e. The van der Waals surface area contributed by atoms with Crippen molar-refractivity contribution in [2.75, 3.05) is 12.0 Å². The molecule has 1 spiro atoms. The van der Waals surface area contributed by atoms with Crippen LogP contribution >= 0.6 is 11.8 Å². The number of amides is 4. The van der Waals surface area contributed by atoms with Gasteiger partial charge in [-0.25, -0.2) is 4.79 Å². The van der Waals surface area contributed by atoms with Crippen LogP contribution in [0.1, 0.15) is 45.4 Å². The molecule has 6 heteroatoms. The zero-order valence-corrected chi connectivity index (χ0v) is 12.9. The molecule has 0 bridgehead atoms. The SMILES string of the molecule is CSCC(C)N1C(=O)NC(=O)C2(CCCCCC2)C1=O. The van der Waals surface area contributed by atoms with Gasteiger partial charge in [-0.05, 0) is 26.0 Å². The lowest BCUT2D eigenvalue weighted by Gasteiger charge is -2.41. The van der Waals surface area contributed by atoms with E-state index in [9.17, 15) is 14.4 Å². The highest BCUT2D eigenvalue weighted by atomic mass is 32.2. The molecule has 0 aromatic rings. The number of hydrogen-bond donors (Lipinski definition) is 1. The summed E-state index contributed by atoms with van der Waals surface area (Å²) >= 11 is 1.59. The number of hydrogen-bond acceptors (Lipinski definition) is 4. The molecular weight excluding hydrogens is 276 g/mol. The summed E-state index contributed by atoms with van der Waals surface area (Å²) in [5, 5.41) is 2.41. The van der Waals surface area contributed by atoms with Crippen LogP contribution in [0.2, 0.25) is 0 Å². The van der Waals surface area contributed by atoms with E-state index in [0.717, 1.165) is 25.7 Å². The number of carbonyl (C=O) groups excluding carboxylic acids is 3. The molecule has 4 amide bonds. The number of nitrogens with zero attached hydrogens (tertiary/aromatic N) is 1. The first-order valence-electron chi connectivity index (χ1n) is 7.21. The highest BCUT2D eigenvalue weighted by molar-refractivity contribution is 7.98. The normalized spacial score (nSPS) is 24.5. The Bertz CT molecular complexity index is 417. The molecule has 1 heterocycles. The predicted octanol–water partition coefficient (Wildman–Crippen LogP) is 2.16. The average Bonchev–Trinajstić information content (AvgIpc) is 2.64. The van der Waals surface area contributed by atoms with Gasteiger partial charge in [0.05, 0.1) is 0 Å². The Balaban J connectivity index is 2.30. The Kier molecular flexibility index (Phi) is 4.73. The molecule has 2 fully saturated rings. The Hall–Kier alpha value is -1.04. The van der Waals surface area contributed by atoms with Gasteiger partial charge in [0.1, 0.15) is 5.41 Å². The number of nitrogens with one attached hydrogen (secondary N) is 1. The number of urea groups is 1. The lowest BCUT2D eigenvalue weighted by Crippen LogP contribution is -2.66. The van der Waals surface area contributed by atoms with Crippen molar-refractivity contribution in [3.8, 4) is 0 Å². The third kappa shape index (κ3) is 2.57. The van der Waals surface area contributed by atoms with Gasteiger partial charge in [-0.3, -0.25) is 19.8 Å². The van der Waals surface area contributed by atoms with Crippen LogP contribution < -0.4 is 5.32 Å². The number of rotatable bonds is 3. The lowest BCUT2D eigenvalue weighted by molar-refractivity contribution is -0.153. The Labute approximate surface area is 123 Å². The van der Waals surface area contributed by atoms with E-state index in [4.69, 9.17) is 0 Å². The van der Waals surface area contributed by atoms with Gasteiger partial charge < -0.3 is 0 Å². The first-order valence-corrected chi connectivity index (χ1v) is 8.60. The molecule has 1 unspecified atom stereocenters. The van der Waals surface area contributed by atoms with Crippen molar-refractivity contribution in [1.29, 1.82) is 0 Å². The molecule has 1 atom stereocenters. The molecule has 1 aliphatic carbocycles.